The quantitative estimate of drug-likeness (QED) is 0.580. The third-order valence-corrected chi connectivity index (χ3v) is 2.45. The molecule has 0 aliphatic rings. The molecule has 0 heterocycles. The monoisotopic (exact) mass is 221 g/mol. The summed E-state index contributed by atoms with van der Waals surface area (Å²) >= 11 is 0. The van der Waals surface area contributed by atoms with Gasteiger partial charge in [-0.15, -0.1) is 0 Å². The highest BCUT2D eigenvalue weighted by molar-refractivity contribution is 5.83. The van der Waals surface area contributed by atoms with Crippen molar-refractivity contribution in [2.45, 2.75) is 27.2 Å². The lowest BCUT2D eigenvalue weighted by molar-refractivity contribution is -0.385. The predicted molar refractivity (Wildman–Crippen MR) is 61.4 cm³/mol. The minimum atomic E-state index is -0.435. The van der Waals surface area contributed by atoms with Gasteiger partial charge in [0.05, 0.1) is 4.92 Å². The predicted octanol–water partition coefficient (Wildman–Crippen LogP) is 2.67. The molecule has 0 fully saturated rings. The van der Waals surface area contributed by atoms with Crippen molar-refractivity contribution in [3.63, 3.8) is 0 Å². The van der Waals surface area contributed by atoms with Crippen molar-refractivity contribution in [1.82, 2.24) is 0 Å². The maximum atomic E-state index is 11.5. The van der Waals surface area contributed by atoms with Gasteiger partial charge in [0.1, 0.15) is 5.78 Å². The number of benzene rings is 1. The molecule has 86 valence electrons. The van der Waals surface area contributed by atoms with Gasteiger partial charge in [0, 0.05) is 24.0 Å². The molecule has 0 aromatic heterocycles. The van der Waals surface area contributed by atoms with Crippen molar-refractivity contribution in [2.75, 3.05) is 0 Å². The lowest BCUT2D eigenvalue weighted by Gasteiger charge is -2.05. The molecule has 0 saturated carbocycles. The molecule has 0 atom stereocenters. The van der Waals surface area contributed by atoms with E-state index in [9.17, 15) is 14.9 Å². The molecule has 0 unspecified atom stereocenters. The van der Waals surface area contributed by atoms with Gasteiger partial charge in [-0.1, -0.05) is 26.0 Å². The molecule has 1 rings (SSSR count). The number of hydrogen-bond acceptors (Lipinski definition) is 3. The van der Waals surface area contributed by atoms with Crippen LogP contribution in [-0.4, -0.2) is 10.7 Å². The average molecular weight is 221 g/mol. The van der Waals surface area contributed by atoms with Gasteiger partial charge in [0.2, 0.25) is 0 Å². The molecule has 0 aliphatic heterocycles. The van der Waals surface area contributed by atoms with E-state index in [2.05, 4.69) is 0 Å². The second-order valence-corrected chi connectivity index (χ2v) is 4.19. The number of aryl methyl sites for hydroxylation is 1. The number of hydrogen-bond donors (Lipinski definition) is 0. The summed E-state index contributed by atoms with van der Waals surface area (Å²) in [5, 5.41) is 10.8. The molecule has 0 bridgehead atoms. The van der Waals surface area contributed by atoms with E-state index in [4.69, 9.17) is 0 Å². The van der Waals surface area contributed by atoms with E-state index in [1.165, 1.54) is 6.07 Å². The van der Waals surface area contributed by atoms with Crippen LogP contribution in [0.2, 0.25) is 0 Å². The Bertz CT molecular complexity index is 424. The van der Waals surface area contributed by atoms with Crippen LogP contribution in [0.4, 0.5) is 5.69 Å². The zero-order chi connectivity index (χ0) is 12.3. The Morgan fingerprint density at radius 1 is 1.44 bits per heavy atom. The zero-order valence-electron chi connectivity index (χ0n) is 9.69. The summed E-state index contributed by atoms with van der Waals surface area (Å²) in [6.45, 7) is 5.38. The minimum absolute atomic E-state index is 0.0203. The molecule has 4 heteroatoms. The number of Topliss-reactive ketones (excluding diaryl/α,β-unsaturated/α-hetero) is 1. The van der Waals surface area contributed by atoms with Crippen LogP contribution in [-0.2, 0) is 11.2 Å². The number of nitro groups is 1. The van der Waals surface area contributed by atoms with Crippen LogP contribution in [0.1, 0.15) is 25.0 Å². The number of nitro benzene ring substituents is 1. The topological polar surface area (TPSA) is 60.2 Å². The standard InChI is InChI=1S/C12H15NO3/c1-8(2)12(14)7-10-5-4-9(3)6-11(10)13(15)16/h4-6,8H,7H2,1-3H3. The largest absolute Gasteiger partial charge is 0.299 e. The molecule has 0 radical (unpaired) electrons. The number of ketones is 1. The average Bonchev–Trinajstić information content (AvgIpc) is 2.20. The minimum Gasteiger partial charge on any atom is -0.299 e. The van der Waals surface area contributed by atoms with Gasteiger partial charge in [0.25, 0.3) is 5.69 Å². The first kappa shape index (κ1) is 12.4. The van der Waals surface area contributed by atoms with Gasteiger partial charge in [0.15, 0.2) is 0 Å². The molecule has 16 heavy (non-hydrogen) atoms. The highest BCUT2D eigenvalue weighted by atomic mass is 16.6. The Kier molecular flexibility index (Phi) is 3.77. The van der Waals surface area contributed by atoms with Gasteiger partial charge < -0.3 is 0 Å². The summed E-state index contributed by atoms with van der Waals surface area (Å²) in [6, 6.07) is 4.95. The normalized spacial score (nSPS) is 10.5. The van der Waals surface area contributed by atoms with E-state index in [-0.39, 0.29) is 23.8 Å². The van der Waals surface area contributed by atoms with Crippen LogP contribution >= 0.6 is 0 Å². The lowest BCUT2D eigenvalue weighted by atomic mass is 9.99. The first-order chi connectivity index (χ1) is 7.41. The third kappa shape index (κ3) is 2.89. The fourth-order valence-corrected chi connectivity index (χ4v) is 1.39. The summed E-state index contributed by atoms with van der Waals surface area (Å²) < 4.78 is 0. The summed E-state index contributed by atoms with van der Waals surface area (Å²) in [5.74, 6) is -0.0761. The maximum absolute atomic E-state index is 11.5. The molecule has 1 aromatic carbocycles. The third-order valence-electron chi connectivity index (χ3n) is 2.45. The van der Waals surface area contributed by atoms with E-state index >= 15 is 0 Å². The molecule has 0 saturated heterocycles. The zero-order valence-corrected chi connectivity index (χ0v) is 9.69. The van der Waals surface area contributed by atoms with Crippen molar-refractivity contribution in [3.8, 4) is 0 Å². The van der Waals surface area contributed by atoms with Crippen molar-refractivity contribution >= 4 is 11.5 Å². The van der Waals surface area contributed by atoms with E-state index in [0.29, 0.717) is 5.56 Å². The van der Waals surface area contributed by atoms with Crippen LogP contribution in [0, 0.1) is 23.0 Å². The van der Waals surface area contributed by atoms with Gasteiger partial charge in [-0.25, -0.2) is 0 Å². The SMILES string of the molecule is Cc1ccc(CC(=O)C(C)C)c([N+](=O)[O-])c1. The van der Waals surface area contributed by atoms with Crippen molar-refractivity contribution in [2.24, 2.45) is 5.92 Å². The van der Waals surface area contributed by atoms with Gasteiger partial charge in [-0.3, -0.25) is 14.9 Å². The fourth-order valence-electron chi connectivity index (χ4n) is 1.39. The summed E-state index contributed by atoms with van der Waals surface area (Å²) in [4.78, 5) is 21.9. The summed E-state index contributed by atoms with van der Waals surface area (Å²) in [7, 11) is 0. The molecule has 0 aliphatic carbocycles. The van der Waals surface area contributed by atoms with Gasteiger partial charge >= 0.3 is 0 Å². The number of carbonyl (C=O) groups excluding carboxylic acids is 1. The Morgan fingerprint density at radius 2 is 2.06 bits per heavy atom. The van der Waals surface area contributed by atoms with Crippen molar-refractivity contribution in [3.05, 3.63) is 39.4 Å². The Labute approximate surface area is 94.4 Å². The molecule has 1 aromatic rings. The highest BCUT2D eigenvalue weighted by Crippen LogP contribution is 2.21. The number of rotatable bonds is 4. The van der Waals surface area contributed by atoms with Crippen LogP contribution in [0.25, 0.3) is 0 Å². The first-order valence-corrected chi connectivity index (χ1v) is 5.18. The van der Waals surface area contributed by atoms with Crippen LogP contribution < -0.4 is 0 Å². The molecule has 0 spiro atoms. The molecule has 0 amide bonds. The second kappa shape index (κ2) is 4.88. The summed E-state index contributed by atoms with van der Waals surface area (Å²) in [6.07, 6.45) is 0.133. The number of carbonyl (C=O) groups is 1. The van der Waals surface area contributed by atoms with E-state index in [0.717, 1.165) is 5.56 Å². The molecular weight excluding hydrogens is 206 g/mol. The smallest absolute Gasteiger partial charge is 0.273 e. The van der Waals surface area contributed by atoms with Gasteiger partial charge in [-0.2, -0.15) is 0 Å². The van der Waals surface area contributed by atoms with Crippen LogP contribution in [0.3, 0.4) is 0 Å². The fraction of sp³-hybridized carbons (Fsp3) is 0.417. The van der Waals surface area contributed by atoms with Crippen molar-refractivity contribution < 1.29 is 9.72 Å². The molecule has 0 N–H and O–H groups in total. The number of nitrogens with zero attached hydrogens (tertiary/aromatic N) is 1. The first-order valence-electron chi connectivity index (χ1n) is 5.18. The highest BCUT2D eigenvalue weighted by Gasteiger charge is 2.17. The lowest BCUT2D eigenvalue weighted by Crippen LogP contribution is -2.11. The van der Waals surface area contributed by atoms with E-state index in [1.807, 2.05) is 0 Å². The Balaban J connectivity index is 3.04. The molecule has 4 nitrogen and oxygen atoms in total. The van der Waals surface area contributed by atoms with E-state index in [1.54, 1.807) is 32.9 Å². The van der Waals surface area contributed by atoms with Crippen LogP contribution in [0.15, 0.2) is 18.2 Å². The second-order valence-electron chi connectivity index (χ2n) is 4.19. The van der Waals surface area contributed by atoms with Crippen LogP contribution in [0.5, 0.6) is 0 Å². The molecular formula is C12H15NO3. The maximum Gasteiger partial charge on any atom is 0.273 e. The summed E-state index contributed by atoms with van der Waals surface area (Å²) in [5.41, 5.74) is 1.36. The van der Waals surface area contributed by atoms with Crippen molar-refractivity contribution in [1.29, 1.82) is 0 Å². The Morgan fingerprint density at radius 3 is 2.56 bits per heavy atom. The van der Waals surface area contributed by atoms with E-state index < -0.39 is 4.92 Å². The van der Waals surface area contributed by atoms with Gasteiger partial charge in [-0.05, 0) is 12.5 Å². The Hall–Kier alpha value is -1.71.